The Labute approximate surface area is 472 Å². The lowest BCUT2D eigenvalue weighted by Crippen LogP contribution is -2.49. The van der Waals surface area contributed by atoms with E-state index in [1.165, 1.54) is 38.3 Å². The number of carbonyl (C=O) groups is 6. The molecule has 420 valence electrons. The molecule has 2 saturated heterocycles. The number of benzene rings is 6. The first kappa shape index (κ1) is 56.9. The summed E-state index contributed by atoms with van der Waals surface area (Å²) in [7, 11) is 1.69. The lowest BCUT2D eigenvalue weighted by Gasteiger charge is -2.25. The minimum absolute atomic E-state index is 0.0106. The minimum Gasteiger partial charge on any atom is -0.480 e. The number of carboxylic acid groups (broad SMARTS) is 2. The predicted octanol–water partition coefficient (Wildman–Crippen LogP) is 11.1. The van der Waals surface area contributed by atoms with Gasteiger partial charge in [0, 0.05) is 44.1 Å². The van der Waals surface area contributed by atoms with Gasteiger partial charge in [-0.1, -0.05) is 166 Å². The Bertz CT molecular complexity index is 3160. The molecule has 16 nitrogen and oxygen atoms in total. The second kappa shape index (κ2) is 26.0. The van der Waals surface area contributed by atoms with Gasteiger partial charge < -0.3 is 35.1 Å². The third-order valence-corrected chi connectivity index (χ3v) is 15.9. The topological polar surface area (TPSA) is 213 Å². The number of ether oxygens (including phenoxy) is 3. The van der Waals surface area contributed by atoms with Crippen molar-refractivity contribution in [2.24, 2.45) is 10.9 Å². The fourth-order valence-electron chi connectivity index (χ4n) is 11.8. The summed E-state index contributed by atoms with van der Waals surface area (Å²) in [5.74, 6) is -2.44. The highest BCUT2D eigenvalue weighted by molar-refractivity contribution is 5.89. The van der Waals surface area contributed by atoms with Crippen molar-refractivity contribution < 1.29 is 53.2 Å². The van der Waals surface area contributed by atoms with Crippen LogP contribution in [0.15, 0.2) is 151 Å². The van der Waals surface area contributed by atoms with Crippen molar-refractivity contribution in [1.82, 2.24) is 20.4 Å². The molecule has 5 aliphatic rings. The normalized spacial score (nSPS) is 17.2. The van der Waals surface area contributed by atoms with Crippen LogP contribution in [0, 0.1) is 5.92 Å². The lowest BCUT2D eigenvalue weighted by molar-refractivity contribution is -0.142. The zero-order valence-corrected chi connectivity index (χ0v) is 46.0. The molecule has 4 atom stereocenters. The maximum absolute atomic E-state index is 12.9. The molecule has 3 aliphatic carbocycles. The summed E-state index contributed by atoms with van der Waals surface area (Å²) in [4.78, 5) is 79.5. The Morgan fingerprint density at radius 3 is 1.22 bits per heavy atom. The lowest BCUT2D eigenvalue weighted by atomic mass is 9.98. The van der Waals surface area contributed by atoms with E-state index in [4.69, 9.17) is 19.3 Å². The van der Waals surface area contributed by atoms with Gasteiger partial charge in [-0.05, 0) is 105 Å². The molecule has 0 aromatic heterocycles. The van der Waals surface area contributed by atoms with E-state index in [0.29, 0.717) is 32.4 Å². The van der Waals surface area contributed by atoms with E-state index in [-0.39, 0.29) is 55.4 Å². The Morgan fingerprint density at radius 1 is 0.543 bits per heavy atom. The predicted molar refractivity (Wildman–Crippen MR) is 308 cm³/mol. The molecule has 0 spiro atoms. The largest absolute Gasteiger partial charge is 0.480 e. The zero-order chi connectivity index (χ0) is 57.2. The number of hydrogen-bond donors (Lipinski definition) is 4. The van der Waals surface area contributed by atoms with Crippen LogP contribution in [-0.2, 0) is 28.6 Å². The quantitative estimate of drug-likeness (QED) is 0.0595. The molecule has 0 bridgehead atoms. The van der Waals surface area contributed by atoms with Crippen molar-refractivity contribution in [1.29, 1.82) is 0 Å². The summed E-state index contributed by atoms with van der Waals surface area (Å²) in [6, 6.07) is 46.6. The van der Waals surface area contributed by atoms with Crippen LogP contribution in [0.5, 0.6) is 0 Å². The maximum atomic E-state index is 12.9. The molecule has 16 heteroatoms. The number of nitrogens with one attached hydrogen (secondary N) is 2. The molecule has 0 unspecified atom stereocenters. The number of alkyl carbamates (subject to hydrolysis) is 1. The first-order chi connectivity index (χ1) is 39.3. The van der Waals surface area contributed by atoms with Gasteiger partial charge in [0.15, 0.2) is 0 Å². The van der Waals surface area contributed by atoms with Gasteiger partial charge in [0.05, 0.1) is 6.04 Å². The number of carboxylic acids is 2. The summed E-state index contributed by atoms with van der Waals surface area (Å²) < 4.78 is 16.6. The molecule has 2 heterocycles. The Morgan fingerprint density at radius 2 is 0.889 bits per heavy atom. The molecule has 2 aliphatic heterocycles. The van der Waals surface area contributed by atoms with Crippen LogP contribution in [0.3, 0.4) is 0 Å². The van der Waals surface area contributed by atoms with Crippen LogP contribution >= 0.6 is 0 Å². The molecule has 2 fully saturated rings. The van der Waals surface area contributed by atoms with Crippen LogP contribution in [-0.4, -0.2) is 126 Å². The average Bonchev–Trinajstić information content (AvgIpc) is 4.44. The maximum Gasteiger partial charge on any atom is 0.410 e. The van der Waals surface area contributed by atoms with Crippen molar-refractivity contribution >= 4 is 42.3 Å². The van der Waals surface area contributed by atoms with Gasteiger partial charge in [0.25, 0.3) is 0 Å². The highest BCUT2D eigenvalue weighted by Crippen LogP contribution is 2.47. The molecule has 4 N–H and O–H groups in total. The number of aliphatic carboxylic acids is 2. The molecule has 6 aromatic carbocycles. The van der Waals surface area contributed by atoms with E-state index in [1.54, 1.807) is 32.0 Å². The van der Waals surface area contributed by atoms with E-state index >= 15 is 0 Å². The van der Waals surface area contributed by atoms with Crippen LogP contribution in [0.2, 0.25) is 0 Å². The SMILES string of the molecule is CC(C)[C@H](NC(=O)OCC1c2ccccc2-c2ccccc21)C(=O)O.CC[C@@H](C=NC)NC(=O)[C@@H]1CCCN1C(=O)OCC1c2ccccc2-c2ccccc21.O=C(O)[C@@H]1CCCN1C(=O)OCC1c2ccccc2-c2ccccc21. The van der Waals surface area contributed by atoms with Gasteiger partial charge in [-0.25, -0.2) is 24.0 Å². The summed E-state index contributed by atoms with van der Waals surface area (Å²) in [5.41, 5.74) is 13.9. The summed E-state index contributed by atoms with van der Waals surface area (Å²) in [6.45, 7) is 7.09. The van der Waals surface area contributed by atoms with Crippen molar-refractivity contribution in [2.75, 3.05) is 40.0 Å². The van der Waals surface area contributed by atoms with Crippen molar-refractivity contribution in [3.05, 3.63) is 179 Å². The number of aliphatic imine (C=N–C) groups is 1. The number of likely N-dealkylation sites (tertiary alicyclic amines) is 2. The van der Waals surface area contributed by atoms with E-state index in [2.05, 4.69) is 76.3 Å². The number of carbonyl (C=O) groups excluding carboxylic acids is 4. The van der Waals surface area contributed by atoms with Gasteiger partial charge in [0.2, 0.25) is 5.91 Å². The third-order valence-electron chi connectivity index (χ3n) is 15.9. The van der Waals surface area contributed by atoms with Gasteiger partial charge in [0.1, 0.15) is 37.9 Å². The molecule has 4 amide bonds. The third kappa shape index (κ3) is 12.5. The second-order valence-corrected chi connectivity index (χ2v) is 21.1. The van der Waals surface area contributed by atoms with Crippen LogP contribution < -0.4 is 10.6 Å². The monoisotopic (exact) mass is 1100 g/mol. The summed E-state index contributed by atoms with van der Waals surface area (Å²) >= 11 is 0. The average molecular weight is 1100 g/mol. The molecule has 11 rings (SSSR count). The molecule has 81 heavy (non-hydrogen) atoms. The molecular formula is C65H69N5O11. The van der Waals surface area contributed by atoms with Gasteiger partial charge in [-0.2, -0.15) is 0 Å². The van der Waals surface area contributed by atoms with Crippen molar-refractivity contribution in [2.45, 2.75) is 94.8 Å². The van der Waals surface area contributed by atoms with Crippen LogP contribution in [0.1, 0.15) is 104 Å². The molecular weight excluding hydrogens is 1030 g/mol. The Hall–Kier alpha value is -8.79. The smallest absolute Gasteiger partial charge is 0.410 e. The summed E-state index contributed by atoms with van der Waals surface area (Å²) in [5, 5.41) is 23.8. The highest BCUT2D eigenvalue weighted by Gasteiger charge is 2.39. The summed E-state index contributed by atoms with van der Waals surface area (Å²) in [6.07, 6.45) is 3.44. The van der Waals surface area contributed by atoms with Gasteiger partial charge in [-0.3, -0.25) is 19.6 Å². The van der Waals surface area contributed by atoms with Crippen LogP contribution in [0.25, 0.3) is 33.4 Å². The van der Waals surface area contributed by atoms with E-state index in [0.717, 1.165) is 46.2 Å². The fourth-order valence-corrected chi connectivity index (χ4v) is 11.8. The number of rotatable bonds is 14. The number of fused-ring (bicyclic) bond motifs is 9. The molecule has 0 saturated carbocycles. The molecule has 0 radical (unpaired) electrons. The Balaban J connectivity index is 0.000000148. The molecule has 6 aromatic rings. The highest BCUT2D eigenvalue weighted by atomic mass is 16.6. The van der Waals surface area contributed by atoms with E-state index in [9.17, 15) is 33.9 Å². The fraction of sp³-hybridized carbons (Fsp3) is 0.338. The van der Waals surface area contributed by atoms with Gasteiger partial charge >= 0.3 is 30.2 Å². The first-order valence-corrected chi connectivity index (χ1v) is 27.8. The van der Waals surface area contributed by atoms with E-state index in [1.807, 2.05) is 91.9 Å². The number of hydrogen-bond acceptors (Lipinski definition) is 10. The number of nitrogens with zero attached hydrogens (tertiary/aromatic N) is 3. The standard InChI is InChI=1S/C25H29N3O3.C20H19NO4.C20H21NO4/c1-3-17(15-26-2)27-24(29)23-13-8-14-28(23)25(30)31-16-22-20-11-6-4-9-18(20)19-10-5-7-12-21(19)22;22-19(23)18-10-5-11-21(18)20(24)25-12-17-15-8-3-1-6-13(15)14-7-2-4-9-16(14)17;1-12(2)18(19(22)23)21-20(24)25-11-17-15-9-5-3-7-13(15)14-8-4-6-10-16(14)17/h4-7,9-12,15,17,22-23H,3,8,13-14,16H2,1-2H3,(H,27,29);1-4,6-9,17-18H,5,10-12H2,(H,22,23);3-10,12,17-18H,11H2,1-2H3,(H,21,24)(H,22,23)/t17-,23-;2*18-/m000/s1. The van der Waals surface area contributed by atoms with Crippen molar-refractivity contribution in [3.63, 3.8) is 0 Å². The number of amides is 4. The van der Waals surface area contributed by atoms with Crippen LogP contribution in [0.4, 0.5) is 14.4 Å². The van der Waals surface area contributed by atoms with Gasteiger partial charge in [-0.15, -0.1) is 0 Å². The van der Waals surface area contributed by atoms with E-state index < -0.39 is 48.3 Å². The van der Waals surface area contributed by atoms with Crippen molar-refractivity contribution in [3.8, 4) is 33.4 Å². The first-order valence-electron chi connectivity index (χ1n) is 27.8. The minimum atomic E-state index is -1.07. The second-order valence-electron chi connectivity index (χ2n) is 21.1. The zero-order valence-electron chi connectivity index (χ0n) is 46.0. The Kier molecular flexibility index (Phi) is 18.3.